The van der Waals surface area contributed by atoms with Gasteiger partial charge < -0.3 is 28.5 Å². The molecule has 0 aliphatic heterocycles. The number of hydrogen-bond donors (Lipinski definition) is 1. The van der Waals surface area contributed by atoms with E-state index in [1.807, 2.05) is 55.5 Å². The Labute approximate surface area is 208 Å². The molecule has 184 valence electrons. The highest BCUT2D eigenvalue weighted by molar-refractivity contribution is 6.11. The van der Waals surface area contributed by atoms with Crippen molar-refractivity contribution in [2.24, 2.45) is 7.05 Å². The van der Waals surface area contributed by atoms with Crippen molar-refractivity contribution in [1.82, 2.24) is 4.57 Å². The number of para-hydroxylation sites is 1. The van der Waals surface area contributed by atoms with Gasteiger partial charge in [0.05, 0.1) is 37.8 Å². The highest BCUT2D eigenvalue weighted by Gasteiger charge is 2.25. The summed E-state index contributed by atoms with van der Waals surface area (Å²) in [7, 11) is 6.46. The lowest BCUT2D eigenvalue weighted by Gasteiger charge is -2.15. The molecule has 5 aromatic rings. The summed E-state index contributed by atoms with van der Waals surface area (Å²) in [6.45, 7) is 4.08. The number of pyridine rings is 1. The van der Waals surface area contributed by atoms with E-state index in [2.05, 4.69) is 18.3 Å². The summed E-state index contributed by atoms with van der Waals surface area (Å²) in [5.74, 6) is 1.89. The van der Waals surface area contributed by atoms with Crippen molar-refractivity contribution in [2.45, 2.75) is 13.8 Å². The van der Waals surface area contributed by atoms with Gasteiger partial charge in [-0.05, 0) is 55.3 Å². The van der Waals surface area contributed by atoms with Gasteiger partial charge in [-0.25, -0.2) is 0 Å². The van der Waals surface area contributed by atoms with Crippen molar-refractivity contribution in [2.75, 3.05) is 26.6 Å². The number of aryl methyl sites for hydroxylation is 3. The van der Waals surface area contributed by atoms with Gasteiger partial charge in [-0.2, -0.15) is 0 Å². The molecule has 1 N–H and O–H groups in total. The normalized spacial score (nSPS) is 11.2. The van der Waals surface area contributed by atoms with Crippen LogP contribution in [0.1, 0.15) is 11.1 Å². The molecule has 0 radical (unpaired) electrons. The van der Waals surface area contributed by atoms with Crippen LogP contribution in [-0.2, 0) is 7.05 Å². The second-order valence-corrected chi connectivity index (χ2v) is 8.75. The Balaban J connectivity index is 1.89. The molecule has 36 heavy (non-hydrogen) atoms. The molecule has 0 spiro atoms. The lowest BCUT2D eigenvalue weighted by Crippen LogP contribution is -2.17. The molecule has 0 atom stereocenters. The van der Waals surface area contributed by atoms with Gasteiger partial charge in [0.2, 0.25) is 11.6 Å². The number of nitrogens with one attached hydrogen (secondary N) is 1. The maximum absolute atomic E-state index is 13.7. The number of ether oxygens (including phenoxy) is 3. The fourth-order valence-electron chi connectivity index (χ4n) is 4.73. The maximum atomic E-state index is 13.7. The van der Waals surface area contributed by atoms with Crippen molar-refractivity contribution >= 4 is 33.4 Å². The van der Waals surface area contributed by atoms with E-state index in [1.54, 1.807) is 32.9 Å². The summed E-state index contributed by atoms with van der Waals surface area (Å²) in [5, 5.41) is 4.76. The Morgan fingerprint density at radius 2 is 1.58 bits per heavy atom. The number of hydrogen-bond acceptors (Lipinski definition) is 6. The Morgan fingerprint density at radius 1 is 0.889 bits per heavy atom. The average Bonchev–Trinajstić information content (AvgIpc) is 3.27. The minimum atomic E-state index is -0.162. The third-order valence-corrected chi connectivity index (χ3v) is 6.52. The van der Waals surface area contributed by atoms with Gasteiger partial charge in [0.15, 0.2) is 17.1 Å². The number of benzene rings is 3. The number of aromatic nitrogens is 1. The minimum Gasteiger partial charge on any atom is -0.493 e. The number of rotatable bonds is 6. The molecule has 0 unspecified atom stereocenters. The molecule has 0 bridgehead atoms. The third-order valence-electron chi connectivity index (χ3n) is 6.52. The van der Waals surface area contributed by atoms with Gasteiger partial charge in [0.25, 0.3) is 5.56 Å². The largest absolute Gasteiger partial charge is 0.493 e. The highest BCUT2D eigenvalue weighted by atomic mass is 16.5. The number of nitrogens with zero attached hydrogens (tertiary/aromatic N) is 1. The van der Waals surface area contributed by atoms with Crippen molar-refractivity contribution < 1.29 is 18.6 Å². The minimum absolute atomic E-state index is 0.162. The molecule has 0 fully saturated rings. The van der Waals surface area contributed by atoms with Crippen LogP contribution in [0.3, 0.4) is 0 Å². The molecule has 0 saturated carbocycles. The number of methoxy groups -OCH3 is 3. The monoisotopic (exact) mass is 484 g/mol. The summed E-state index contributed by atoms with van der Waals surface area (Å²) in [5.41, 5.74) is 5.57. The molecule has 7 nitrogen and oxygen atoms in total. The molecular weight excluding hydrogens is 456 g/mol. The van der Waals surface area contributed by atoms with Gasteiger partial charge in [-0.1, -0.05) is 29.8 Å². The molecule has 7 heteroatoms. The molecular formula is C29H28N2O5. The zero-order chi connectivity index (χ0) is 25.6. The zero-order valence-corrected chi connectivity index (χ0v) is 21.2. The fraction of sp³-hybridized carbons (Fsp3) is 0.207. The third kappa shape index (κ3) is 3.64. The predicted octanol–water partition coefficient (Wildman–Crippen LogP) is 6.34. The molecule has 0 aliphatic carbocycles. The van der Waals surface area contributed by atoms with Gasteiger partial charge in [-0.15, -0.1) is 0 Å². The second-order valence-electron chi connectivity index (χ2n) is 8.75. The van der Waals surface area contributed by atoms with Crippen LogP contribution in [0, 0.1) is 13.8 Å². The molecule has 3 aromatic carbocycles. The highest BCUT2D eigenvalue weighted by Crippen LogP contribution is 2.46. The second kappa shape index (κ2) is 9.00. The van der Waals surface area contributed by atoms with Crippen molar-refractivity contribution in [3.63, 3.8) is 0 Å². The van der Waals surface area contributed by atoms with Gasteiger partial charge in [0, 0.05) is 18.1 Å². The number of fused-ring (bicyclic) bond motifs is 3. The Hall–Kier alpha value is -4.39. The number of furan rings is 1. The lowest BCUT2D eigenvalue weighted by atomic mass is 10.0. The van der Waals surface area contributed by atoms with E-state index in [1.165, 1.54) is 0 Å². The Kier molecular flexibility index (Phi) is 5.84. The number of anilines is 2. The molecule has 0 saturated heterocycles. The van der Waals surface area contributed by atoms with E-state index >= 15 is 0 Å². The average molecular weight is 485 g/mol. The summed E-state index contributed by atoms with van der Waals surface area (Å²) in [4.78, 5) is 13.7. The Bertz CT molecular complexity index is 1650. The van der Waals surface area contributed by atoms with E-state index in [9.17, 15) is 4.79 Å². The van der Waals surface area contributed by atoms with Crippen LogP contribution in [0.2, 0.25) is 0 Å². The van der Waals surface area contributed by atoms with Crippen LogP contribution >= 0.6 is 0 Å². The van der Waals surface area contributed by atoms with Crippen LogP contribution < -0.4 is 25.1 Å². The van der Waals surface area contributed by atoms with E-state index in [-0.39, 0.29) is 5.56 Å². The quantitative estimate of drug-likeness (QED) is 0.303. The van der Waals surface area contributed by atoms with Crippen LogP contribution in [-0.4, -0.2) is 25.9 Å². The summed E-state index contributed by atoms with van der Waals surface area (Å²) < 4.78 is 24.8. The van der Waals surface area contributed by atoms with Gasteiger partial charge in [-0.3, -0.25) is 4.79 Å². The van der Waals surface area contributed by atoms with E-state index in [0.29, 0.717) is 45.2 Å². The fourth-order valence-corrected chi connectivity index (χ4v) is 4.73. The molecule has 5 rings (SSSR count). The van der Waals surface area contributed by atoms with Crippen LogP contribution in [0.15, 0.2) is 63.8 Å². The van der Waals surface area contributed by atoms with Crippen molar-refractivity contribution in [1.29, 1.82) is 0 Å². The summed E-state index contributed by atoms with van der Waals surface area (Å²) in [6, 6.07) is 17.5. The zero-order valence-electron chi connectivity index (χ0n) is 21.2. The summed E-state index contributed by atoms with van der Waals surface area (Å²) >= 11 is 0. The first-order valence-corrected chi connectivity index (χ1v) is 11.6. The predicted molar refractivity (Wildman–Crippen MR) is 143 cm³/mol. The van der Waals surface area contributed by atoms with E-state index < -0.39 is 0 Å². The van der Waals surface area contributed by atoms with Crippen LogP contribution in [0.4, 0.5) is 11.6 Å². The van der Waals surface area contributed by atoms with Gasteiger partial charge in [0.1, 0.15) is 0 Å². The van der Waals surface area contributed by atoms with E-state index in [4.69, 9.17) is 18.6 Å². The molecule has 0 aliphatic rings. The topological polar surface area (TPSA) is 74.9 Å². The van der Waals surface area contributed by atoms with E-state index in [0.717, 1.165) is 27.7 Å². The van der Waals surface area contributed by atoms with Crippen LogP contribution in [0.25, 0.3) is 33.0 Å². The molecule has 0 amide bonds. The first kappa shape index (κ1) is 23.4. The first-order valence-electron chi connectivity index (χ1n) is 11.6. The van der Waals surface area contributed by atoms with Crippen molar-refractivity contribution in [3.8, 4) is 28.4 Å². The standard InChI is InChI=1S/C29H28N2O5/c1-16-11-12-20(17(2)13-16)30-28-24(18-14-22(33-4)27(35-6)23(15-18)34-5)25-26(36-28)19-9-7-8-10-21(19)31(3)29(25)32/h7-15,30H,1-6H3. The first-order chi connectivity index (χ1) is 17.4. The molecule has 2 heterocycles. The lowest BCUT2D eigenvalue weighted by molar-refractivity contribution is 0.324. The van der Waals surface area contributed by atoms with Crippen molar-refractivity contribution in [3.05, 3.63) is 76.1 Å². The summed E-state index contributed by atoms with van der Waals surface area (Å²) in [6.07, 6.45) is 0. The smallest absolute Gasteiger partial charge is 0.262 e. The molecule has 2 aromatic heterocycles. The van der Waals surface area contributed by atoms with Crippen LogP contribution in [0.5, 0.6) is 17.2 Å². The van der Waals surface area contributed by atoms with Gasteiger partial charge >= 0.3 is 0 Å². The Morgan fingerprint density at radius 3 is 2.22 bits per heavy atom. The maximum Gasteiger partial charge on any atom is 0.262 e. The SMILES string of the molecule is COc1cc(-c2c(Nc3ccc(C)cc3C)oc3c2c(=O)n(C)c2ccccc32)cc(OC)c1OC.